The first-order valence-electron chi connectivity index (χ1n) is 8.21. The Morgan fingerprint density at radius 3 is 2.48 bits per heavy atom. The first-order valence-corrected chi connectivity index (χ1v) is 10.0. The van der Waals surface area contributed by atoms with E-state index in [0.717, 1.165) is 18.6 Å². The molecule has 1 amide bonds. The predicted octanol–water partition coefficient (Wildman–Crippen LogP) is 2.51. The second kappa shape index (κ2) is 7.81. The topological polar surface area (TPSA) is 63.7 Å². The van der Waals surface area contributed by atoms with Gasteiger partial charge in [0.25, 0.3) is 5.91 Å². The maximum Gasteiger partial charge on any atom is 0.254 e. The summed E-state index contributed by atoms with van der Waals surface area (Å²) in [5.74, 6) is 0.896. The summed E-state index contributed by atoms with van der Waals surface area (Å²) >= 11 is 0. The van der Waals surface area contributed by atoms with Gasteiger partial charge in [0.15, 0.2) is 9.84 Å². The Bertz CT molecular complexity index is 624. The third-order valence-corrected chi connectivity index (χ3v) is 5.83. The standard InChI is InChI=1S/C17H25NO4S/c1-3-5-11-18(15-10-12-23(20,21)13-15)17(19)14-6-8-16(9-7-14)22-4-2/h6-9,15H,3-5,10-13H2,1-2H3. The van der Waals surface area contributed by atoms with Crippen molar-refractivity contribution in [2.24, 2.45) is 0 Å². The summed E-state index contributed by atoms with van der Waals surface area (Å²) in [4.78, 5) is 14.5. The van der Waals surface area contributed by atoms with Crippen molar-refractivity contribution in [3.05, 3.63) is 29.8 Å². The molecule has 0 radical (unpaired) electrons. The van der Waals surface area contributed by atoms with Gasteiger partial charge in [-0.2, -0.15) is 0 Å². The maximum atomic E-state index is 12.8. The van der Waals surface area contributed by atoms with E-state index in [0.29, 0.717) is 25.1 Å². The molecule has 0 N–H and O–H groups in total. The molecule has 0 saturated carbocycles. The van der Waals surface area contributed by atoms with Gasteiger partial charge in [-0.15, -0.1) is 0 Å². The molecule has 5 nitrogen and oxygen atoms in total. The predicted molar refractivity (Wildman–Crippen MR) is 90.6 cm³/mol. The zero-order valence-corrected chi connectivity index (χ0v) is 14.6. The molecule has 0 spiro atoms. The fourth-order valence-corrected chi connectivity index (χ4v) is 4.56. The number of hydrogen-bond donors (Lipinski definition) is 0. The van der Waals surface area contributed by atoms with Gasteiger partial charge in [0.05, 0.1) is 18.1 Å². The Labute approximate surface area is 138 Å². The van der Waals surface area contributed by atoms with Gasteiger partial charge >= 0.3 is 0 Å². The van der Waals surface area contributed by atoms with Crippen LogP contribution in [0.15, 0.2) is 24.3 Å². The number of sulfone groups is 1. The summed E-state index contributed by atoms with van der Waals surface area (Å²) in [6.07, 6.45) is 2.38. The van der Waals surface area contributed by atoms with E-state index < -0.39 is 9.84 Å². The highest BCUT2D eigenvalue weighted by atomic mass is 32.2. The maximum absolute atomic E-state index is 12.8. The minimum absolute atomic E-state index is 0.0828. The summed E-state index contributed by atoms with van der Waals surface area (Å²) < 4.78 is 28.9. The SMILES string of the molecule is CCCCN(C(=O)c1ccc(OCC)cc1)C1CCS(=O)(=O)C1. The van der Waals surface area contributed by atoms with Crippen molar-refractivity contribution in [1.29, 1.82) is 0 Å². The van der Waals surface area contributed by atoms with Gasteiger partial charge in [-0.05, 0) is 44.0 Å². The molecule has 1 aliphatic rings. The first kappa shape index (κ1) is 17.8. The lowest BCUT2D eigenvalue weighted by Gasteiger charge is -2.28. The second-order valence-electron chi connectivity index (χ2n) is 5.87. The number of hydrogen-bond acceptors (Lipinski definition) is 4. The summed E-state index contributed by atoms with van der Waals surface area (Å²) in [5.41, 5.74) is 0.578. The van der Waals surface area contributed by atoms with Crippen LogP contribution in [-0.2, 0) is 9.84 Å². The molecule has 0 aliphatic carbocycles. The monoisotopic (exact) mass is 339 g/mol. The van der Waals surface area contributed by atoms with Crippen molar-refractivity contribution in [1.82, 2.24) is 4.90 Å². The molecule has 23 heavy (non-hydrogen) atoms. The number of nitrogens with zero attached hydrogens (tertiary/aromatic N) is 1. The van der Waals surface area contributed by atoms with Gasteiger partial charge in [-0.25, -0.2) is 8.42 Å². The van der Waals surface area contributed by atoms with E-state index in [1.807, 2.05) is 6.92 Å². The largest absolute Gasteiger partial charge is 0.494 e. The molecule has 1 aliphatic heterocycles. The Hall–Kier alpha value is -1.56. The van der Waals surface area contributed by atoms with Crippen molar-refractivity contribution in [3.63, 3.8) is 0 Å². The zero-order chi connectivity index (χ0) is 16.9. The van der Waals surface area contributed by atoms with E-state index in [1.54, 1.807) is 29.2 Å². The molecule has 0 aromatic heterocycles. The van der Waals surface area contributed by atoms with Crippen LogP contribution in [0.3, 0.4) is 0 Å². The van der Waals surface area contributed by atoms with Crippen LogP contribution in [0.4, 0.5) is 0 Å². The smallest absolute Gasteiger partial charge is 0.254 e. The fraction of sp³-hybridized carbons (Fsp3) is 0.588. The van der Waals surface area contributed by atoms with Gasteiger partial charge < -0.3 is 9.64 Å². The van der Waals surface area contributed by atoms with Gasteiger partial charge in [-0.3, -0.25) is 4.79 Å². The molecular formula is C17H25NO4S. The van der Waals surface area contributed by atoms with Crippen molar-refractivity contribution < 1.29 is 17.9 Å². The van der Waals surface area contributed by atoms with Crippen LogP contribution in [-0.4, -0.2) is 49.9 Å². The molecule has 6 heteroatoms. The van der Waals surface area contributed by atoms with Crippen LogP contribution in [0.5, 0.6) is 5.75 Å². The summed E-state index contributed by atoms with van der Waals surface area (Å²) in [6, 6.07) is 6.84. The van der Waals surface area contributed by atoms with Crippen molar-refractivity contribution >= 4 is 15.7 Å². The molecule has 1 heterocycles. The summed E-state index contributed by atoms with van der Waals surface area (Å²) in [6.45, 7) is 5.15. The lowest BCUT2D eigenvalue weighted by atomic mass is 10.1. The highest BCUT2D eigenvalue weighted by Crippen LogP contribution is 2.21. The molecule has 1 aromatic rings. The Balaban J connectivity index is 2.15. The highest BCUT2D eigenvalue weighted by molar-refractivity contribution is 7.91. The number of carbonyl (C=O) groups excluding carboxylic acids is 1. The van der Waals surface area contributed by atoms with Crippen LogP contribution >= 0.6 is 0 Å². The van der Waals surface area contributed by atoms with E-state index in [-0.39, 0.29) is 23.5 Å². The number of unbranched alkanes of at least 4 members (excludes halogenated alkanes) is 1. The Kier molecular flexibility index (Phi) is 6.04. The number of amides is 1. The molecule has 1 saturated heterocycles. The van der Waals surface area contributed by atoms with E-state index in [4.69, 9.17) is 4.74 Å². The highest BCUT2D eigenvalue weighted by Gasteiger charge is 2.34. The van der Waals surface area contributed by atoms with E-state index in [1.165, 1.54) is 0 Å². The number of benzene rings is 1. The Morgan fingerprint density at radius 2 is 1.96 bits per heavy atom. The van der Waals surface area contributed by atoms with E-state index >= 15 is 0 Å². The van der Waals surface area contributed by atoms with Crippen LogP contribution in [0.1, 0.15) is 43.5 Å². The van der Waals surface area contributed by atoms with Gasteiger partial charge in [0.2, 0.25) is 0 Å². The van der Waals surface area contributed by atoms with Gasteiger partial charge in [0.1, 0.15) is 5.75 Å². The molecule has 128 valence electrons. The minimum Gasteiger partial charge on any atom is -0.494 e. The summed E-state index contributed by atoms with van der Waals surface area (Å²) in [5, 5.41) is 0. The van der Waals surface area contributed by atoms with Crippen molar-refractivity contribution in [2.45, 2.75) is 39.2 Å². The average Bonchev–Trinajstić information content (AvgIpc) is 2.88. The summed E-state index contributed by atoms with van der Waals surface area (Å²) in [7, 11) is -3.01. The number of ether oxygens (including phenoxy) is 1. The second-order valence-corrected chi connectivity index (χ2v) is 8.10. The molecule has 1 aromatic carbocycles. The quantitative estimate of drug-likeness (QED) is 0.766. The van der Waals surface area contributed by atoms with Gasteiger partial charge in [0, 0.05) is 18.2 Å². The minimum atomic E-state index is -3.01. The lowest BCUT2D eigenvalue weighted by molar-refractivity contribution is 0.0694. The number of rotatable bonds is 7. The molecule has 2 rings (SSSR count). The van der Waals surface area contributed by atoms with Gasteiger partial charge in [-0.1, -0.05) is 13.3 Å². The molecule has 0 bridgehead atoms. The van der Waals surface area contributed by atoms with Crippen LogP contribution < -0.4 is 4.74 Å². The third-order valence-electron chi connectivity index (χ3n) is 4.07. The van der Waals surface area contributed by atoms with E-state index in [9.17, 15) is 13.2 Å². The zero-order valence-electron chi connectivity index (χ0n) is 13.8. The third kappa shape index (κ3) is 4.70. The molecular weight excluding hydrogens is 314 g/mol. The van der Waals surface area contributed by atoms with Crippen molar-refractivity contribution in [2.75, 3.05) is 24.7 Å². The first-order chi connectivity index (χ1) is 11.0. The normalized spacial score (nSPS) is 19.5. The average molecular weight is 339 g/mol. The molecule has 1 fully saturated rings. The molecule has 1 atom stereocenters. The van der Waals surface area contributed by atoms with Crippen LogP contribution in [0.2, 0.25) is 0 Å². The van der Waals surface area contributed by atoms with Crippen molar-refractivity contribution in [3.8, 4) is 5.75 Å². The molecule has 1 unspecified atom stereocenters. The van der Waals surface area contributed by atoms with E-state index in [2.05, 4.69) is 6.92 Å². The Morgan fingerprint density at radius 1 is 1.26 bits per heavy atom. The fourth-order valence-electron chi connectivity index (χ4n) is 2.83. The van der Waals surface area contributed by atoms with Crippen LogP contribution in [0, 0.1) is 0 Å². The number of carbonyl (C=O) groups is 1. The van der Waals surface area contributed by atoms with Crippen LogP contribution in [0.25, 0.3) is 0 Å². The lowest BCUT2D eigenvalue weighted by Crippen LogP contribution is -2.41.